The number of carbonyl (C=O) groups excluding carboxylic acids is 1. The van der Waals surface area contributed by atoms with Gasteiger partial charge in [0.15, 0.2) is 0 Å². The molecule has 1 amide bonds. The summed E-state index contributed by atoms with van der Waals surface area (Å²) in [6.45, 7) is 2.53. The van der Waals surface area contributed by atoms with Gasteiger partial charge in [-0.15, -0.1) is 0 Å². The van der Waals surface area contributed by atoms with Crippen molar-refractivity contribution >= 4 is 23.2 Å². The van der Waals surface area contributed by atoms with Crippen molar-refractivity contribution in [2.75, 3.05) is 24.7 Å². The van der Waals surface area contributed by atoms with Gasteiger partial charge in [-0.2, -0.15) is 0 Å². The highest BCUT2D eigenvalue weighted by Gasteiger charge is 2.50. The fourth-order valence-corrected chi connectivity index (χ4v) is 5.60. The van der Waals surface area contributed by atoms with E-state index in [1.54, 1.807) is 0 Å². The third-order valence-electron chi connectivity index (χ3n) is 6.95. The highest BCUT2D eigenvalue weighted by Crippen LogP contribution is 2.38. The summed E-state index contributed by atoms with van der Waals surface area (Å²) < 4.78 is 0. The summed E-state index contributed by atoms with van der Waals surface area (Å²) in [5.41, 5.74) is 3.46. The van der Waals surface area contributed by atoms with E-state index in [2.05, 4.69) is 39.4 Å². The quantitative estimate of drug-likeness (QED) is 0.843. The molecule has 1 N–H and O–H groups in total. The van der Waals surface area contributed by atoms with Gasteiger partial charge in [-0.05, 0) is 61.4 Å². The highest BCUT2D eigenvalue weighted by molar-refractivity contribution is 6.31. The van der Waals surface area contributed by atoms with Crippen LogP contribution in [-0.2, 0) is 17.6 Å². The average Bonchev–Trinajstić information content (AvgIpc) is 3.05. The van der Waals surface area contributed by atoms with E-state index in [4.69, 9.17) is 11.6 Å². The van der Waals surface area contributed by atoms with E-state index in [1.807, 2.05) is 24.3 Å². The first-order chi connectivity index (χ1) is 13.7. The van der Waals surface area contributed by atoms with Gasteiger partial charge >= 0.3 is 0 Å². The molecule has 3 aliphatic rings. The number of carbonyl (C=O) groups is 1. The predicted molar refractivity (Wildman–Crippen MR) is 113 cm³/mol. The Morgan fingerprint density at radius 2 is 1.82 bits per heavy atom. The molecule has 2 saturated heterocycles. The number of benzene rings is 2. The summed E-state index contributed by atoms with van der Waals surface area (Å²) in [6.07, 6.45) is 5.05. The molecule has 5 heteroatoms. The number of hydrogen-bond donors (Lipinski definition) is 1. The number of aryl methyl sites for hydroxylation is 1. The Hall–Kier alpha value is -2.04. The molecule has 2 heterocycles. The maximum Gasteiger partial charge on any atom is 0.247 e. The first-order valence-electron chi connectivity index (χ1n) is 10.3. The molecule has 4 nitrogen and oxygen atoms in total. The standard InChI is InChI=1S/C23H26ClN3O/c24-21-8-4-5-17-9-10-19(15-20(17)21)26-13-11-23(12-14-26)22(28)25-16-27(23)18-6-2-1-3-7-18/h1-8,19H,9-16H2,(H,25,28)/t19-/m0/s1. The molecule has 146 valence electrons. The minimum Gasteiger partial charge on any atom is -0.339 e. The Balaban J connectivity index is 1.32. The molecule has 5 rings (SSSR count). The van der Waals surface area contributed by atoms with Crippen molar-refractivity contribution in [1.29, 1.82) is 0 Å². The van der Waals surface area contributed by atoms with Gasteiger partial charge in [0.1, 0.15) is 5.54 Å². The number of amides is 1. The van der Waals surface area contributed by atoms with Crippen LogP contribution >= 0.6 is 11.6 Å². The normalized spacial score (nSPS) is 24.2. The molecule has 28 heavy (non-hydrogen) atoms. The molecule has 0 unspecified atom stereocenters. The van der Waals surface area contributed by atoms with Crippen molar-refractivity contribution in [3.63, 3.8) is 0 Å². The van der Waals surface area contributed by atoms with Crippen LogP contribution < -0.4 is 10.2 Å². The number of nitrogens with zero attached hydrogens (tertiary/aromatic N) is 2. The number of para-hydroxylation sites is 1. The molecule has 2 aromatic carbocycles. The zero-order chi connectivity index (χ0) is 19.1. The molecule has 1 aliphatic carbocycles. The summed E-state index contributed by atoms with van der Waals surface area (Å²) in [5, 5.41) is 4.00. The van der Waals surface area contributed by atoms with Gasteiger partial charge < -0.3 is 10.2 Å². The van der Waals surface area contributed by atoms with E-state index in [1.165, 1.54) is 17.5 Å². The fraction of sp³-hybridized carbons (Fsp3) is 0.435. The monoisotopic (exact) mass is 395 g/mol. The van der Waals surface area contributed by atoms with Crippen molar-refractivity contribution in [2.24, 2.45) is 0 Å². The summed E-state index contributed by atoms with van der Waals surface area (Å²) >= 11 is 6.47. The van der Waals surface area contributed by atoms with Crippen molar-refractivity contribution < 1.29 is 4.79 Å². The minimum absolute atomic E-state index is 0.188. The van der Waals surface area contributed by atoms with Gasteiger partial charge in [-0.3, -0.25) is 9.69 Å². The number of nitrogens with one attached hydrogen (secondary N) is 1. The van der Waals surface area contributed by atoms with Crippen molar-refractivity contribution in [3.05, 3.63) is 64.7 Å². The number of halogens is 1. The van der Waals surface area contributed by atoms with Gasteiger partial charge in [-0.25, -0.2) is 0 Å². The van der Waals surface area contributed by atoms with Crippen LogP contribution in [0.4, 0.5) is 5.69 Å². The Morgan fingerprint density at radius 3 is 2.61 bits per heavy atom. The summed E-state index contributed by atoms with van der Waals surface area (Å²) in [5.74, 6) is 0.188. The zero-order valence-electron chi connectivity index (χ0n) is 16.0. The predicted octanol–water partition coefficient (Wildman–Crippen LogP) is 3.63. The number of likely N-dealkylation sites (tertiary alicyclic amines) is 1. The fourth-order valence-electron chi connectivity index (χ4n) is 5.33. The lowest BCUT2D eigenvalue weighted by Crippen LogP contribution is -2.58. The van der Waals surface area contributed by atoms with Crippen LogP contribution in [0.15, 0.2) is 48.5 Å². The van der Waals surface area contributed by atoms with Crippen LogP contribution in [0.3, 0.4) is 0 Å². The topological polar surface area (TPSA) is 35.6 Å². The van der Waals surface area contributed by atoms with E-state index in [0.29, 0.717) is 12.7 Å². The van der Waals surface area contributed by atoms with Gasteiger partial charge in [0.25, 0.3) is 0 Å². The summed E-state index contributed by atoms with van der Waals surface area (Å²) in [6, 6.07) is 17.1. The Morgan fingerprint density at radius 1 is 1.04 bits per heavy atom. The van der Waals surface area contributed by atoms with Crippen molar-refractivity contribution in [3.8, 4) is 0 Å². The summed E-state index contributed by atoms with van der Waals surface area (Å²) in [4.78, 5) is 17.7. The molecule has 1 atom stereocenters. The summed E-state index contributed by atoms with van der Waals surface area (Å²) in [7, 11) is 0. The van der Waals surface area contributed by atoms with Crippen LogP contribution in [0, 0.1) is 0 Å². The molecular formula is C23H26ClN3O. The maximum absolute atomic E-state index is 12.8. The Kier molecular flexibility index (Phi) is 4.56. The number of piperidine rings is 1. The SMILES string of the molecule is O=C1NCN(c2ccccc2)C12CCN([C@H]1CCc3cccc(Cl)c3C1)CC2. The Labute approximate surface area is 171 Å². The number of anilines is 1. The first kappa shape index (κ1) is 18.0. The average molecular weight is 396 g/mol. The molecule has 0 saturated carbocycles. The second kappa shape index (κ2) is 7.09. The van der Waals surface area contributed by atoms with E-state index >= 15 is 0 Å². The molecule has 0 aromatic heterocycles. The second-order valence-electron chi connectivity index (χ2n) is 8.27. The van der Waals surface area contributed by atoms with Gasteiger partial charge in [0.05, 0.1) is 6.67 Å². The molecule has 1 spiro atoms. The van der Waals surface area contributed by atoms with Crippen LogP contribution in [0.1, 0.15) is 30.4 Å². The first-order valence-corrected chi connectivity index (χ1v) is 10.7. The molecule has 2 aromatic rings. The van der Waals surface area contributed by atoms with Crippen LogP contribution in [0.5, 0.6) is 0 Å². The smallest absolute Gasteiger partial charge is 0.247 e. The molecule has 2 aliphatic heterocycles. The molecule has 2 fully saturated rings. The van der Waals surface area contributed by atoms with Crippen molar-refractivity contribution in [2.45, 2.75) is 43.7 Å². The maximum atomic E-state index is 12.8. The van der Waals surface area contributed by atoms with E-state index in [9.17, 15) is 4.79 Å². The van der Waals surface area contributed by atoms with Gasteiger partial charge in [0.2, 0.25) is 5.91 Å². The molecule has 0 radical (unpaired) electrons. The van der Waals surface area contributed by atoms with Crippen LogP contribution in [-0.4, -0.2) is 42.1 Å². The van der Waals surface area contributed by atoms with Crippen molar-refractivity contribution in [1.82, 2.24) is 10.2 Å². The minimum atomic E-state index is -0.401. The largest absolute Gasteiger partial charge is 0.339 e. The Bertz CT molecular complexity index is 877. The number of hydrogen-bond acceptors (Lipinski definition) is 3. The second-order valence-corrected chi connectivity index (χ2v) is 8.68. The van der Waals surface area contributed by atoms with Gasteiger partial charge in [0, 0.05) is 29.8 Å². The lowest BCUT2D eigenvalue weighted by molar-refractivity contribution is -0.125. The third-order valence-corrected chi connectivity index (χ3v) is 7.30. The van der Waals surface area contributed by atoms with Gasteiger partial charge in [-0.1, -0.05) is 41.9 Å². The van der Waals surface area contributed by atoms with Crippen LogP contribution in [0.2, 0.25) is 5.02 Å². The van der Waals surface area contributed by atoms with E-state index < -0.39 is 5.54 Å². The highest BCUT2D eigenvalue weighted by atomic mass is 35.5. The lowest BCUT2D eigenvalue weighted by Gasteiger charge is -2.46. The lowest BCUT2D eigenvalue weighted by atomic mass is 9.82. The molecule has 0 bridgehead atoms. The van der Waals surface area contributed by atoms with E-state index in [0.717, 1.165) is 49.5 Å². The molecular weight excluding hydrogens is 370 g/mol. The third kappa shape index (κ3) is 2.90. The number of fused-ring (bicyclic) bond motifs is 1. The number of rotatable bonds is 2. The van der Waals surface area contributed by atoms with Crippen LogP contribution in [0.25, 0.3) is 0 Å². The zero-order valence-corrected chi connectivity index (χ0v) is 16.8. The van der Waals surface area contributed by atoms with E-state index in [-0.39, 0.29) is 5.91 Å².